The topological polar surface area (TPSA) is 53.4 Å². The molecule has 1 N–H and O–H groups in total. The quantitative estimate of drug-likeness (QED) is 0.589. The van der Waals surface area contributed by atoms with Crippen molar-refractivity contribution in [2.45, 2.75) is 32.6 Å². The molecule has 0 saturated heterocycles. The van der Waals surface area contributed by atoms with Gasteiger partial charge in [-0.05, 0) is 34.5 Å². The van der Waals surface area contributed by atoms with E-state index in [9.17, 15) is 4.79 Å². The summed E-state index contributed by atoms with van der Waals surface area (Å²) in [6.45, 7) is 3.17. The molecule has 1 amide bonds. The van der Waals surface area contributed by atoms with Crippen LogP contribution in [0.5, 0.6) is 0 Å². The number of amides is 1. The minimum atomic E-state index is -0.119. The molecule has 0 aromatic carbocycles. The zero-order chi connectivity index (χ0) is 14.1. The molecule has 0 aliphatic heterocycles. The SMILES string of the molecule is CCCCCCN(CCO)C(=O)c1cccc(Br)n1. The van der Waals surface area contributed by atoms with Gasteiger partial charge in [0.1, 0.15) is 10.3 Å². The predicted octanol–water partition coefficient (Wildman–Crippen LogP) is 2.86. The lowest BCUT2D eigenvalue weighted by Crippen LogP contribution is -2.35. The van der Waals surface area contributed by atoms with Gasteiger partial charge in [-0.1, -0.05) is 32.3 Å². The Morgan fingerprint density at radius 3 is 2.74 bits per heavy atom. The normalized spacial score (nSPS) is 10.5. The van der Waals surface area contributed by atoms with Crippen LogP contribution < -0.4 is 0 Å². The number of carbonyl (C=O) groups excluding carboxylic acids is 1. The largest absolute Gasteiger partial charge is 0.395 e. The van der Waals surface area contributed by atoms with Crippen molar-refractivity contribution in [3.8, 4) is 0 Å². The van der Waals surface area contributed by atoms with Crippen molar-refractivity contribution in [2.24, 2.45) is 0 Å². The summed E-state index contributed by atoms with van der Waals surface area (Å²) in [5.74, 6) is -0.119. The van der Waals surface area contributed by atoms with E-state index in [-0.39, 0.29) is 12.5 Å². The molecule has 0 radical (unpaired) electrons. The molecule has 0 bridgehead atoms. The van der Waals surface area contributed by atoms with Gasteiger partial charge in [-0.25, -0.2) is 4.98 Å². The number of hydrogen-bond donors (Lipinski definition) is 1. The van der Waals surface area contributed by atoms with E-state index in [0.29, 0.717) is 23.4 Å². The van der Waals surface area contributed by atoms with Crippen LogP contribution in [0.4, 0.5) is 0 Å². The zero-order valence-electron chi connectivity index (χ0n) is 11.3. The molecule has 1 aromatic heterocycles. The lowest BCUT2D eigenvalue weighted by atomic mass is 10.2. The average molecular weight is 329 g/mol. The van der Waals surface area contributed by atoms with Gasteiger partial charge in [-0.3, -0.25) is 4.79 Å². The van der Waals surface area contributed by atoms with Gasteiger partial charge in [0.15, 0.2) is 0 Å². The fourth-order valence-corrected chi connectivity index (χ4v) is 2.20. The zero-order valence-corrected chi connectivity index (χ0v) is 12.9. The van der Waals surface area contributed by atoms with E-state index < -0.39 is 0 Å². The van der Waals surface area contributed by atoms with Crippen molar-refractivity contribution in [1.29, 1.82) is 0 Å². The number of unbranched alkanes of at least 4 members (excludes halogenated alkanes) is 3. The number of carbonyl (C=O) groups is 1. The van der Waals surface area contributed by atoms with Gasteiger partial charge in [0.25, 0.3) is 5.91 Å². The van der Waals surface area contributed by atoms with Crippen LogP contribution in [-0.4, -0.2) is 40.6 Å². The predicted molar refractivity (Wildman–Crippen MR) is 79.1 cm³/mol. The Balaban J connectivity index is 2.61. The molecular formula is C14H21BrN2O2. The summed E-state index contributed by atoms with van der Waals surface area (Å²) in [4.78, 5) is 18.1. The van der Waals surface area contributed by atoms with Crippen LogP contribution in [0.15, 0.2) is 22.8 Å². The molecule has 4 nitrogen and oxygen atoms in total. The van der Waals surface area contributed by atoms with Crippen LogP contribution in [0.1, 0.15) is 43.1 Å². The Labute approximate surface area is 123 Å². The van der Waals surface area contributed by atoms with Crippen molar-refractivity contribution in [3.05, 3.63) is 28.5 Å². The standard InChI is InChI=1S/C14H21BrN2O2/c1-2-3-4-5-9-17(10-11-18)14(19)12-7-6-8-13(15)16-12/h6-8,18H,2-5,9-11H2,1H3. The number of halogens is 1. The Kier molecular flexibility index (Phi) is 7.67. The summed E-state index contributed by atoms with van der Waals surface area (Å²) >= 11 is 3.26. The summed E-state index contributed by atoms with van der Waals surface area (Å²) in [5, 5.41) is 9.07. The molecule has 0 atom stereocenters. The first-order valence-electron chi connectivity index (χ1n) is 6.71. The lowest BCUT2D eigenvalue weighted by molar-refractivity contribution is 0.0712. The van der Waals surface area contributed by atoms with Crippen LogP contribution in [0.3, 0.4) is 0 Å². The molecule has 106 valence electrons. The molecule has 0 aliphatic carbocycles. The van der Waals surface area contributed by atoms with Crippen molar-refractivity contribution in [1.82, 2.24) is 9.88 Å². The van der Waals surface area contributed by atoms with Crippen LogP contribution >= 0.6 is 15.9 Å². The van der Waals surface area contributed by atoms with E-state index in [1.165, 1.54) is 12.8 Å². The number of pyridine rings is 1. The Hall–Kier alpha value is -0.940. The highest BCUT2D eigenvalue weighted by atomic mass is 79.9. The van der Waals surface area contributed by atoms with Crippen LogP contribution in [0, 0.1) is 0 Å². The highest BCUT2D eigenvalue weighted by Gasteiger charge is 2.16. The third-order valence-electron chi connectivity index (χ3n) is 2.87. The van der Waals surface area contributed by atoms with Gasteiger partial charge in [0.2, 0.25) is 0 Å². The molecule has 19 heavy (non-hydrogen) atoms. The minimum Gasteiger partial charge on any atom is -0.395 e. The maximum absolute atomic E-state index is 12.3. The second kappa shape index (κ2) is 9.04. The fraction of sp³-hybridized carbons (Fsp3) is 0.571. The monoisotopic (exact) mass is 328 g/mol. The van der Waals surface area contributed by atoms with E-state index >= 15 is 0 Å². The minimum absolute atomic E-state index is 0.0203. The van der Waals surface area contributed by atoms with E-state index in [0.717, 1.165) is 12.8 Å². The highest BCUT2D eigenvalue weighted by Crippen LogP contribution is 2.10. The van der Waals surface area contributed by atoms with E-state index in [2.05, 4.69) is 27.8 Å². The molecule has 0 saturated carbocycles. The average Bonchev–Trinajstić information content (AvgIpc) is 2.41. The molecule has 0 spiro atoms. The van der Waals surface area contributed by atoms with Crippen molar-refractivity contribution in [3.63, 3.8) is 0 Å². The van der Waals surface area contributed by atoms with Gasteiger partial charge < -0.3 is 10.0 Å². The number of nitrogens with zero attached hydrogens (tertiary/aromatic N) is 2. The second-order valence-electron chi connectivity index (χ2n) is 4.42. The Bertz CT molecular complexity index is 399. The first-order valence-corrected chi connectivity index (χ1v) is 7.51. The van der Waals surface area contributed by atoms with Gasteiger partial charge in [0, 0.05) is 13.1 Å². The van der Waals surface area contributed by atoms with Crippen LogP contribution in [0.2, 0.25) is 0 Å². The Morgan fingerprint density at radius 1 is 1.32 bits per heavy atom. The molecule has 1 aromatic rings. The maximum Gasteiger partial charge on any atom is 0.272 e. The summed E-state index contributed by atoms with van der Waals surface area (Å²) in [6, 6.07) is 5.27. The van der Waals surface area contributed by atoms with Crippen LogP contribution in [0.25, 0.3) is 0 Å². The molecule has 0 unspecified atom stereocenters. The molecule has 5 heteroatoms. The third kappa shape index (κ3) is 5.70. The molecular weight excluding hydrogens is 308 g/mol. The third-order valence-corrected chi connectivity index (χ3v) is 3.31. The van der Waals surface area contributed by atoms with E-state index in [1.54, 1.807) is 23.1 Å². The van der Waals surface area contributed by atoms with E-state index in [4.69, 9.17) is 5.11 Å². The molecule has 0 fully saturated rings. The van der Waals surface area contributed by atoms with Gasteiger partial charge in [-0.15, -0.1) is 0 Å². The molecule has 1 heterocycles. The number of aliphatic hydroxyl groups is 1. The first-order chi connectivity index (χ1) is 9.19. The number of hydrogen-bond acceptors (Lipinski definition) is 3. The number of aliphatic hydroxyl groups excluding tert-OH is 1. The van der Waals surface area contributed by atoms with Crippen LogP contribution in [-0.2, 0) is 0 Å². The maximum atomic E-state index is 12.3. The van der Waals surface area contributed by atoms with Gasteiger partial charge >= 0.3 is 0 Å². The van der Waals surface area contributed by atoms with Gasteiger partial charge in [-0.2, -0.15) is 0 Å². The van der Waals surface area contributed by atoms with E-state index in [1.807, 2.05) is 0 Å². The Morgan fingerprint density at radius 2 is 2.11 bits per heavy atom. The summed E-state index contributed by atoms with van der Waals surface area (Å²) < 4.78 is 0.647. The van der Waals surface area contributed by atoms with Crippen molar-refractivity contribution < 1.29 is 9.90 Å². The number of rotatable bonds is 8. The highest BCUT2D eigenvalue weighted by molar-refractivity contribution is 9.10. The smallest absolute Gasteiger partial charge is 0.272 e. The number of aromatic nitrogens is 1. The molecule has 0 aliphatic rings. The first kappa shape index (κ1) is 16.1. The summed E-state index contributed by atoms with van der Waals surface area (Å²) in [5.41, 5.74) is 0.415. The van der Waals surface area contributed by atoms with Crippen molar-refractivity contribution in [2.75, 3.05) is 19.7 Å². The second-order valence-corrected chi connectivity index (χ2v) is 5.23. The lowest BCUT2D eigenvalue weighted by Gasteiger charge is -2.21. The molecule has 1 rings (SSSR count). The summed E-state index contributed by atoms with van der Waals surface area (Å²) in [6.07, 6.45) is 4.42. The van der Waals surface area contributed by atoms with Gasteiger partial charge in [0.05, 0.1) is 6.61 Å². The van der Waals surface area contributed by atoms with Crippen molar-refractivity contribution >= 4 is 21.8 Å². The summed E-state index contributed by atoms with van der Waals surface area (Å²) in [7, 11) is 0. The fourth-order valence-electron chi connectivity index (χ4n) is 1.85.